The van der Waals surface area contributed by atoms with Crippen molar-refractivity contribution in [2.45, 2.75) is 33.9 Å². The molecule has 2 heteroatoms. The molecule has 0 amide bonds. The van der Waals surface area contributed by atoms with Crippen LogP contribution in [0.25, 0.3) is 0 Å². The van der Waals surface area contributed by atoms with Crippen molar-refractivity contribution in [1.29, 1.82) is 0 Å². The molecule has 0 spiro atoms. The first-order chi connectivity index (χ1) is 9.08. The predicted molar refractivity (Wildman–Crippen MR) is 79.3 cm³/mol. The Hall–Kier alpha value is -1.80. The van der Waals surface area contributed by atoms with Crippen molar-refractivity contribution >= 4 is 0 Å². The standard InChI is InChI=1S/C17H21NO/c1-12-6-13(2)8-16(7-12)11-19-17-9-15(10-18)5-4-14(17)3/h4-9H,10-11,18H2,1-3H3. The fourth-order valence-corrected chi connectivity index (χ4v) is 2.24. The van der Waals surface area contributed by atoms with Crippen LogP contribution in [0.4, 0.5) is 0 Å². The maximum absolute atomic E-state index is 5.92. The van der Waals surface area contributed by atoms with E-state index < -0.39 is 0 Å². The Morgan fingerprint density at radius 3 is 2.21 bits per heavy atom. The quantitative estimate of drug-likeness (QED) is 0.905. The Morgan fingerprint density at radius 1 is 0.895 bits per heavy atom. The molecule has 100 valence electrons. The molecule has 0 aliphatic heterocycles. The minimum Gasteiger partial charge on any atom is -0.489 e. The highest BCUT2D eigenvalue weighted by atomic mass is 16.5. The van der Waals surface area contributed by atoms with Crippen molar-refractivity contribution in [3.8, 4) is 5.75 Å². The third-order valence-electron chi connectivity index (χ3n) is 3.16. The molecule has 2 nitrogen and oxygen atoms in total. The summed E-state index contributed by atoms with van der Waals surface area (Å²) in [4.78, 5) is 0. The molecule has 0 atom stereocenters. The van der Waals surface area contributed by atoms with Crippen LogP contribution in [0.2, 0.25) is 0 Å². The van der Waals surface area contributed by atoms with Gasteiger partial charge in [0.05, 0.1) is 0 Å². The summed E-state index contributed by atoms with van der Waals surface area (Å²) >= 11 is 0. The second kappa shape index (κ2) is 5.89. The van der Waals surface area contributed by atoms with Crippen LogP contribution < -0.4 is 10.5 Å². The lowest BCUT2D eigenvalue weighted by Gasteiger charge is -2.11. The van der Waals surface area contributed by atoms with E-state index in [1.807, 2.05) is 12.1 Å². The van der Waals surface area contributed by atoms with Crippen LogP contribution in [0.5, 0.6) is 5.75 Å². The van der Waals surface area contributed by atoms with Gasteiger partial charge in [0.2, 0.25) is 0 Å². The zero-order chi connectivity index (χ0) is 13.8. The minimum absolute atomic E-state index is 0.542. The number of benzene rings is 2. The molecule has 0 saturated carbocycles. The number of rotatable bonds is 4. The lowest BCUT2D eigenvalue weighted by Crippen LogP contribution is -2.01. The van der Waals surface area contributed by atoms with Crippen LogP contribution in [0.1, 0.15) is 27.8 Å². The number of ether oxygens (including phenoxy) is 1. The maximum atomic E-state index is 5.92. The molecule has 0 aliphatic carbocycles. The van der Waals surface area contributed by atoms with Gasteiger partial charge in [-0.05, 0) is 43.5 Å². The monoisotopic (exact) mass is 255 g/mol. The highest BCUT2D eigenvalue weighted by Gasteiger charge is 2.02. The Labute approximate surface area is 115 Å². The summed E-state index contributed by atoms with van der Waals surface area (Å²) in [5.74, 6) is 0.919. The molecule has 0 bridgehead atoms. The molecule has 2 rings (SSSR count). The van der Waals surface area contributed by atoms with Gasteiger partial charge in [0.15, 0.2) is 0 Å². The average Bonchev–Trinajstić information content (AvgIpc) is 2.37. The lowest BCUT2D eigenvalue weighted by atomic mass is 10.1. The first-order valence-electron chi connectivity index (χ1n) is 6.58. The molecule has 2 aromatic carbocycles. The predicted octanol–water partition coefficient (Wildman–Crippen LogP) is 3.65. The number of hydrogen-bond acceptors (Lipinski definition) is 2. The largest absolute Gasteiger partial charge is 0.489 e. The van der Waals surface area contributed by atoms with Crippen LogP contribution in [-0.4, -0.2) is 0 Å². The summed E-state index contributed by atoms with van der Waals surface area (Å²) in [5.41, 5.74) is 11.6. The van der Waals surface area contributed by atoms with Crippen molar-refractivity contribution < 1.29 is 4.74 Å². The van der Waals surface area contributed by atoms with Crippen molar-refractivity contribution in [3.05, 3.63) is 64.2 Å². The lowest BCUT2D eigenvalue weighted by molar-refractivity contribution is 0.303. The van der Waals surface area contributed by atoms with Gasteiger partial charge in [0.1, 0.15) is 12.4 Å². The summed E-state index contributed by atoms with van der Waals surface area (Å²) < 4.78 is 5.92. The van der Waals surface area contributed by atoms with E-state index in [9.17, 15) is 0 Å². The van der Waals surface area contributed by atoms with Gasteiger partial charge in [-0.25, -0.2) is 0 Å². The highest BCUT2D eigenvalue weighted by Crippen LogP contribution is 2.21. The zero-order valence-corrected chi connectivity index (χ0v) is 11.9. The van der Waals surface area contributed by atoms with Crippen molar-refractivity contribution in [2.75, 3.05) is 0 Å². The van der Waals surface area contributed by atoms with Crippen molar-refractivity contribution in [3.63, 3.8) is 0 Å². The van der Waals surface area contributed by atoms with E-state index in [1.165, 1.54) is 16.7 Å². The van der Waals surface area contributed by atoms with Crippen LogP contribution in [0, 0.1) is 20.8 Å². The summed E-state index contributed by atoms with van der Waals surface area (Å²) in [6, 6.07) is 12.6. The second-order valence-electron chi connectivity index (χ2n) is 5.09. The van der Waals surface area contributed by atoms with Crippen LogP contribution in [0.3, 0.4) is 0 Å². The fourth-order valence-electron chi connectivity index (χ4n) is 2.24. The first kappa shape index (κ1) is 13.6. The van der Waals surface area contributed by atoms with Gasteiger partial charge < -0.3 is 10.5 Å². The van der Waals surface area contributed by atoms with E-state index >= 15 is 0 Å². The molecular weight excluding hydrogens is 234 g/mol. The molecule has 2 N–H and O–H groups in total. The highest BCUT2D eigenvalue weighted by molar-refractivity contribution is 5.37. The Bertz CT molecular complexity index is 555. The van der Waals surface area contributed by atoms with E-state index in [1.54, 1.807) is 0 Å². The summed E-state index contributed by atoms with van der Waals surface area (Å²) in [5, 5.41) is 0. The Balaban J connectivity index is 2.13. The Morgan fingerprint density at radius 2 is 1.58 bits per heavy atom. The molecule has 19 heavy (non-hydrogen) atoms. The summed E-state index contributed by atoms with van der Waals surface area (Å²) in [6.45, 7) is 7.41. The Kier molecular flexibility index (Phi) is 4.23. The van der Waals surface area contributed by atoms with Crippen LogP contribution in [0.15, 0.2) is 36.4 Å². The first-order valence-corrected chi connectivity index (χ1v) is 6.58. The summed E-state index contributed by atoms with van der Waals surface area (Å²) in [7, 11) is 0. The number of aryl methyl sites for hydroxylation is 3. The molecular formula is C17H21NO. The van der Waals surface area contributed by atoms with E-state index in [0.717, 1.165) is 16.9 Å². The van der Waals surface area contributed by atoms with E-state index in [2.05, 4.69) is 45.0 Å². The van der Waals surface area contributed by atoms with Crippen molar-refractivity contribution in [1.82, 2.24) is 0 Å². The maximum Gasteiger partial charge on any atom is 0.123 e. The van der Waals surface area contributed by atoms with Crippen LogP contribution >= 0.6 is 0 Å². The molecule has 0 radical (unpaired) electrons. The minimum atomic E-state index is 0.542. The topological polar surface area (TPSA) is 35.2 Å². The molecule has 0 saturated heterocycles. The smallest absolute Gasteiger partial charge is 0.123 e. The van der Waals surface area contributed by atoms with Gasteiger partial charge in [-0.3, -0.25) is 0 Å². The van der Waals surface area contributed by atoms with Crippen LogP contribution in [-0.2, 0) is 13.2 Å². The van der Waals surface area contributed by atoms with Gasteiger partial charge in [-0.15, -0.1) is 0 Å². The third kappa shape index (κ3) is 3.58. The van der Waals surface area contributed by atoms with Gasteiger partial charge >= 0.3 is 0 Å². The summed E-state index contributed by atoms with van der Waals surface area (Å²) in [6.07, 6.45) is 0. The normalized spacial score (nSPS) is 10.5. The number of nitrogens with two attached hydrogens (primary N) is 1. The molecule has 0 aromatic heterocycles. The molecule has 0 heterocycles. The van der Waals surface area contributed by atoms with Gasteiger partial charge in [-0.2, -0.15) is 0 Å². The van der Waals surface area contributed by atoms with Gasteiger partial charge in [-0.1, -0.05) is 41.5 Å². The zero-order valence-electron chi connectivity index (χ0n) is 11.9. The van der Waals surface area contributed by atoms with E-state index in [0.29, 0.717) is 13.2 Å². The molecule has 0 unspecified atom stereocenters. The van der Waals surface area contributed by atoms with E-state index in [4.69, 9.17) is 10.5 Å². The second-order valence-corrected chi connectivity index (χ2v) is 5.09. The molecule has 0 fully saturated rings. The molecule has 0 aliphatic rings. The fraction of sp³-hybridized carbons (Fsp3) is 0.294. The van der Waals surface area contributed by atoms with E-state index in [-0.39, 0.29) is 0 Å². The average molecular weight is 255 g/mol. The van der Waals surface area contributed by atoms with Gasteiger partial charge in [0, 0.05) is 6.54 Å². The third-order valence-corrected chi connectivity index (χ3v) is 3.16. The van der Waals surface area contributed by atoms with Gasteiger partial charge in [0.25, 0.3) is 0 Å². The number of hydrogen-bond donors (Lipinski definition) is 1. The molecule has 2 aromatic rings. The SMILES string of the molecule is Cc1cc(C)cc(COc2cc(CN)ccc2C)c1. The van der Waals surface area contributed by atoms with Crippen molar-refractivity contribution in [2.24, 2.45) is 5.73 Å².